The third-order valence-corrected chi connectivity index (χ3v) is 3.79. The Morgan fingerprint density at radius 2 is 2.09 bits per heavy atom. The van der Waals surface area contributed by atoms with Gasteiger partial charge in [0.05, 0.1) is 7.11 Å². The zero-order valence-corrected chi connectivity index (χ0v) is 13.1. The second kappa shape index (κ2) is 7.68. The summed E-state index contributed by atoms with van der Waals surface area (Å²) in [7, 11) is 3.14. The first-order chi connectivity index (χ1) is 10.6. The zero-order chi connectivity index (χ0) is 15.9. The molecule has 0 bridgehead atoms. The molecule has 1 aliphatic rings. The second-order valence-corrected chi connectivity index (χ2v) is 5.55. The number of amides is 3. The van der Waals surface area contributed by atoms with Crippen LogP contribution in [0.3, 0.4) is 0 Å². The molecule has 1 heterocycles. The number of piperidine rings is 1. The van der Waals surface area contributed by atoms with Gasteiger partial charge >= 0.3 is 12.1 Å². The SMILES string of the molecule is COC(=O)N1CCC[C@H](NC(=O)N(C)Cc2ccccc2)C1. The molecule has 0 spiro atoms. The summed E-state index contributed by atoms with van der Waals surface area (Å²) in [6.07, 6.45) is 1.40. The van der Waals surface area contributed by atoms with Gasteiger partial charge < -0.3 is 19.9 Å². The summed E-state index contributed by atoms with van der Waals surface area (Å²) in [6.45, 7) is 1.73. The minimum atomic E-state index is -0.336. The molecule has 1 atom stereocenters. The molecule has 0 unspecified atom stereocenters. The number of hydrogen-bond acceptors (Lipinski definition) is 3. The van der Waals surface area contributed by atoms with E-state index in [0.29, 0.717) is 19.6 Å². The number of likely N-dealkylation sites (tertiary alicyclic amines) is 1. The maximum Gasteiger partial charge on any atom is 0.409 e. The van der Waals surface area contributed by atoms with E-state index in [0.717, 1.165) is 18.4 Å². The minimum Gasteiger partial charge on any atom is -0.453 e. The van der Waals surface area contributed by atoms with Gasteiger partial charge in [-0.05, 0) is 18.4 Å². The molecular formula is C16H23N3O3. The van der Waals surface area contributed by atoms with Crippen LogP contribution in [0.1, 0.15) is 18.4 Å². The average Bonchev–Trinajstić information content (AvgIpc) is 2.55. The highest BCUT2D eigenvalue weighted by Crippen LogP contribution is 2.12. The first-order valence-electron chi connectivity index (χ1n) is 7.48. The maximum absolute atomic E-state index is 12.2. The van der Waals surface area contributed by atoms with Crippen molar-refractivity contribution >= 4 is 12.1 Å². The second-order valence-electron chi connectivity index (χ2n) is 5.55. The smallest absolute Gasteiger partial charge is 0.409 e. The van der Waals surface area contributed by atoms with Crippen LogP contribution in [0.4, 0.5) is 9.59 Å². The monoisotopic (exact) mass is 305 g/mol. The van der Waals surface area contributed by atoms with Crippen LogP contribution in [0.5, 0.6) is 0 Å². The van der Waals surface area contributed by atoms with Crippen molar-refractivity contribution in [2.75, 3.05) is 27.2 Å². The van der Waals surface area contributed by atoms with E-state index >= 15 is 0 Å². The third-order valence-electron chi connectivity index (χ3n) is 3.79. The van der Waals surface area contributed by atoms with Crippen LogP contribution in [-0.4, -0.2) is 55.2 Å². The number of carbonyl (C=O) groups excluding carboxylic acids is 2. The predicted molar refractivity (Wildman–Crippen MR) is 83.4 cm³/mol. The van der Waals surface area contributed by atoms with Crippen molar-refractivity contribution < 1.29 is 14.3 Å². The molecule has 1 aliphatic heterocycles. The van der Waals surface area contributed by atoms with Gasteiger partial charge in [0, 0.05) is 32.7 Å². The Hall–Kier alpha value is -2.24. The van der Waals surface area contributed by atoms with Gasteiger partial charge in [-0.3, -0.25) is 0 Å². The van der Waals surface area contributed by atoms with Crippen molar-refractivity contribution in [2.24, 2.45) is 0 Å². The number of rotatable bonds is 3. The van der Waals surface area contributed by atoms with Gasteiger partial charge in [-0.2, -0.15) is 0 Å². The van der Waals surface area contributed by atoms with Crippen LogP contribution in [-0.2, 0) is 11.3 Å². The Bertz CT molecular complexity index is 507. The van der Waals surface area contributed by atoms with Crippen LogP contribution in [0.2, 0.25) is 0 Å². The van der Waals surface area contributed by atoms with Crippen molar-refractivity contribution in [3.63, 3.8) is 0 Å². The fourth-order valence-electron chi connectivity index (χ4n) is 2.60. The molecule has 2 rings (SSSR count). The van der Waals surface area contributed by atoms with Crippen molar-refractivity contribution in [3.8, 4) is 0 Å². The molecule has 1 saturated heterocycles. The summed E-state index contributed by atoms with van der Waals surface area (Å²) in [4.78, 5) is 27.1. The Labute approximate surface area is 131 Å². The van der Waals surface area contributed by atoms with E-state index in [1.165, 1.54) is 7.11 Å². The largest absolute Gasteiger partial charge is 0.453 e. The maximum atomic E-state index is 12.2. The fourth-order valence-corrected chi connectivity index (χ4v) is 2.60. The quantitative estimate of drug-likeness (QED) is 0.930. The first kappa shape index (κ1) is 16.1. The van der Waals surface area contributed by atoms with E-state index in [2.05, 4.69) is 5.32 Å². The van der Waals surface area contributed by atoms with E-state index in [4.69, 9.17) is 4.74 Å². The van der Waals surface area contributed by atoms with Crippen LogP contribution in [0.15, 0.2) is 30.3 Å². The average molecular weight is 305 g/mol. The summed E-state index contributed by atoms with van der Waals surface area (Å²) in [6, 6.07) is 9.69. The van der Waals surface area contributed by atoms with Crippen LogP contribution in [0.25, 0.3) is 0 Å². The molecule has 6 nitrogen and oxygen atoms in total. The number of methoxy groups -OCH3 is 1. The molecule has 0 aliphatic carbocycles. The molecule has 22 heavy (non-hydrogen) atoms. The molecule has 1 N–H and O–H groups in total. The number of carbonyl (C=O) groups is 2. The molecule has 0 radical (unpaired) electrons. The lowest BCUT2D eigenvalue weighted by Crippen LogP contribution is -2.52. The normalized spacial score (nSPS) is 17.7. The molecule has 1 aromatic rings. The van der Waals surface area contributed by atoms with Crippen LogP contribution >= 0.6 is 0 Å². The lowest BCUT2D eigenvalue weighted by molar-refractivity contribution is 0.107. The van der Waals surface area contributed by atoms with E-state index in [9.17, 15) is 9.59 Å². The number of benzene rings is 1. The van der Waals surface area contributed by atoms with Gasteiger partial charge in [0.25, 0.3) is 0 Å². The topological polar surface area (TPSA) is 61.9 Å². The Morgan fingerprint density at radius 3 is 2.77 bits per heavy atom. The van der Waals surface area contributed by atoms with Crippen molar-refractivity contribution in [1.29, 1.82) is 0 Å². The first-order valence-corrected chi connectivity index (χ1v) is 7.48. The highest BCUT2D eigenvalue weighted by molar-refractivity contribution is 5.74. The lowest BCUT2D eigenvalue weighted by Gasteiger charge is -2.33. The lowest BCUT2D eigenvalue weighted by atomic mass is 10.1. The molecule has 120 valence electrons. The standard InChI is InChI=1S/C16H23N3O3/c1-18(11-13-7-4-3-5-8-13)15(20)17-14-9-6-10-19(12-14)16(21)22-2/h3-5,7-8,14H,6,9-12H2,1-2H3,(H,17,20)/t14-/m0/s1. The van der Waals surface area contributed by atoms with Gasteiger partial charge in [-0.25, -0.2) is 9.59 Å². The Balaban J connectivity index is 1.84. The minimum absolute atomic E-state index is 0.0291. The molecule has 0 aromatic heterocycles. The fraction of sp³-hybridized carbons (Fsp3) is 0.500. The van der Waals surface area contributed by atoms with E-state index in [-0.39, 0.29) is 18.2 Å². The zero-order valence-electron chi connectivity index (χ0n) is 13.1. The molecule has 0 saturated carbocycles. The highest BCUT2D eigenvalue weighted by Gasteiger charge is 2.25. The van der Waals surface area contributed by atoms with Crippen molar-refractivity contribution in [1.82, 2.24) is 15.1 Å². The van der Waals surface area contributed by atoms with Crippen molar-refractivity contribution in [2.45, 2.75) is 25.4 Å². The van der Waals surface area contributed by atoms with Gasteiger partial charge in [-0.15, -0.1) is 0 Å². The Kier molecular flexibility index (Phi) is 5.63. The number of urea groups is 1. The van der Waals surface area contributed by atoms with Gasteiger partial charge in [0.1, 0.15) is 0 Å². The molecule has 3 amide bonds. The van der Waals surface area contributed by atoms with Crippen molar-refractivity contribution in [3.05, 3.63) is 35.9 Å². The van der Waals surface area contributed by atoms with Crippen LogP contribution < -0.4 is 5.32 Å². The predicted octanol–water partition coefficient (Wildman–Crippen LogP) is 2.06. The number of nitrogens with one attached hydrogen (secondary N) is 1. The van der Waals surface area contributed by atoms with E-state index in [1.54, 1.807) is 16.8 Å². The summed E-state index contributed by atoms with van der Waals surface area (Å²) in [5, 5.41) is 2.99. The summed E-state index contributed by atoms with van der Waals surface area (Å²) < 4.78 is 4.73. The van der Waals surface area contributed by atoms with E-state index in [1.807, 2.05) is 30.3 Å². The Morgan fingerprint density at radius 1 is 1.36 bits per heavy atom. The van der Waals surface area contributed by atoms with Crippen LogP contribution in [0, 0.1) is 0 Å². The number of hydrogen-bond donors (Lipinski definition) is 1. The molecule has 1 aromatic carbocycles. The van der Waals surface area contributed by atoms with Gasteiger partial charge in [0.15, 0.2) is 0 Å². The molecular weight excluding hydrogens is 282 g/mol. The number of ether oxygens (including phenoxy) is 1. The summed E-state index contributed by atoms with van der Waals surface area (Å²) in [5.74, 6) is 0. The van der Waals surface area contributed by atoms with E-state index < -0.39 is 0 Å². The van der Waals surface area contributed by atoms with Gasteiger partial charge in [0.2, 0.25) is 0 Å². The van der Waals surface area contributed by atoms with Gasteiger partial charge in [-0.1, -0.05) is 30.3 Å². The summed E-state index contributed by atoms with van der Waals surface area (Å²) >= 11 is 0. The molecule has 1 fully saturated rings. The third kappa shape index (κ3) is 4.38. The summed E-state index contributed by atoms with van der Waals surface area (Å²) in [5.41, 5.74) is 1.08. The highest BCUT2D eigenvalue weighted by atomic mass is 16.5. The molecule has 6 heteroatoms. The number of nitrogens with zero attached hydrogens (tertiary/aromatic N) is 2.